The van der Waals surface area contributed by atoms with E-state index in [1.807, 2.05) is 0 Å². The van der Waals surface area contributed by atoms with Crippen LogP contribution in [0, 0.1) is 10.1 Å². The predicted molar refractivity (Wildman–Crippen MR) is 62.6 cm³/mol. The second kappa shape index (κ2) is 5.14. The van der Waals surface area contributed by atoms with Crippen LogP contribution in [0.4, 0.5) is 5.69 Å². The highest BCUT2D eigenvalue weighted by Crippen LogP contribution is 2.38. The van der Waals surface area contributed by atoms with Crippen molar-refractivity contribution >= 4 is 11.5 Å². The van der Waals surface area contributed by atoms with Gasteiger partial charge in [-0.05, 0) is 12.1 Å². The lowest BCUT2D eigenvalue weighted by molar-refractivity contribution is -0.387. The van der Waals surface area contributed by atoms with Crippen LogP contribution in [-0.2, 0) is 9.53 Å². The lowest BCUT2D eigenvalue weighted by atomic mass is 9.98. The summed E-state index contributed by atoms with van der Waals surface area (Å²) in [7, 11) is 1.37. The SMILES string of the molecule is COc1cccc(C2CC(=O)CCO2)c1[N+](=O)[O-]. The largest absolute Gasteiger partial charge is 0.490 e. The molecular weight excluding hydrogens is 238 g/mol. The smallest absolute Gasteiger partial charge is 0.316 e. The Labute approximate surface area is 104 Å². The molecule has 1 heterocycles. The molecule has 6 heteroatoms. The molecule has 1 unspecified atom stereocenters. The predicted octanol–water partition coefficient (Wildman–Crippen LogP) is 2.02. The molecule has 1 aliphatic heterocycles. The summed E-state index contributed by atoms with van der Waals surface area (Å²) in [5.41, 5.74) is 0.270. The third-order valence-electron chi connectivity index (χ3n) is 2.89. The lowest BCUT2D eigenvalue weighted by Gasteiger charge is -2.22. The van der Waals surface area contributed by atoms with Crippen molar-refractivity contribution in [1.29, 1.82) is 0 Å². The third-order valence-corrected chi connectivity index (χ3v) is 2.89. The number of ketones is 1. The number of para-hydroxylation sites is 1. The Balaban J connectivity index is 2.43. The van der Waals surface area contributed by atoms with E-state index < -0.39 is 11.0 Å². The maximum absolute atomic E-state index is 11.4. The first kappa shape index (κ1) is 12.5. The fourth-order valence-electron chi connectivity index (χ4n) is 2.04. The van der Waals surface area contributed by atoms with Crippen molar-refractivity contribution in [3.05, 3.63) is 33.9 Å². The minimum Gasteiger partial charge on any atom is -0.490 e. The standard InChI is InChI=1S/C12H13NO5/c1-17-10-4-2-3-9(12(10)13(15)16)11-7-8(14)5-6-18-11/h2-4,11H,5-7H2,1H3. The number of nitrogens with zero attached hydrogens (tertiary/aromatic N) is 1. The summed E-state index contributed by atoms with van der Waals surface area (Å²) in [4.78, 5) is 22.0. The summed E-state index contributed by atoms with van der Waals surface area (Å²) < 4.78 is 10.4. The molecule has 0 N–H and O–H groups in total. The zero-order valence-corrected chi connectivity index (χ0v) is 9.92. The average molecular weight is 251 g/mol. The van der Waals surface area contributed by atoms with E-state index in [0.29, 0.717) is 18.6 Å². The van der Waals surface area contributed by atoms with Gasteiger partial charge in [0.25, 0.3) is 0 Å². The first-order chi connectivity index (χ1) is 8.63. The summed E-state index contributed by atoms with van der Waals surface area (Å²) in [6.45, 7) is 0.303. The number of ether oxygens (including phenoxy) is 2. The summed E-state index contributed by atoms with van der Waals surface area (Å²) in [6.07, 6.45) is -0.0100. The first-order valence-electron chi connectivity index (χ1n) is 5.58. The Morgan fingerprint density at radius 3 is 2.89 bits per heavy atom. The molecule has 0 aromatic heterocycles. The van der Waals surface area contributed by atoms with E-state index in [1.54, 1.807) is 12.1 Å². The van der Waals surface area contributed by atoms with Crippen molar-refractivity contribution in [2.75, 3.05) is 13.7 Å². The molecule has 0 amide bonds. The van der Waals surface area contributed by atoms with Crippen molar-refractivity contribution in [2.24, 2.45) is 0 Å². The molecule has 1 fully saturated rings. The van der Waals surface area contributed by atoms with Crippen LogP contribution in [0.15, 0.2) is 18.2 Å². The summed E-state index contributed by atoms with van der Waals surface area (Å²) in [6, 6.07) is 4.78. The molecule has 1 aromatic rings. The maximum atomic E-state index is 11.4. The number of rotatable bonds is 3. The number of carbonyl (C=O) groups is 1. The van der Waals surface area contributed by atoms with Gasteiger partial charge in [0.15, 0.2) is 5.75 Å². The second-order valence-electron chi connectivity index (χ2n) is 4.01. The highest BCUT2D eigenvalue weighted by molar-refractivity contribution is 5.80. The van der Waals surface area contributed by atoms with Crippen molar-refractivity contribution in [1.82, 2.24) is 0 Å². The Morgan fingerprint density at radius 1 is 1.50 bits per heavy atom. The van der Waals surface area contributed by atoms with Crippen LogP contribution >= 0.6 is 0 Å². The van der Waals surface area contributed by atoms with Crippen LogP contribution in [0.2, 0.25) is 0 Å². The monoisotopic (exact) mass is 251 g/mol. The zero-order chi connectivity index (χ0) is 13.1. The van der Waals surface area contributed by atoms with Crippen molar-refractivity contribution in [3.8, 4) is 5.75 Å². The molecule has 0 radical (unpaired) electrons. The third kappa shape index (κ3) is 2.33. The van der Waals surface area contributed by atoms with Crippen molar-refractivity contribution in [2.45, 2.75) is 18.9 Å². The van der Waals surface area contributed by atoms with Gasteiger partial charge < -0.3 is 9.47 Å². The highest BCUT2D eigenvalue weighted by Gasteiger charge is 2.30. The van der Waals surface area contributed by atoms with E-state index in [1.165, 1.54) is 13.2 Å². The van der Waals surface area contributed by atoms with Crippen molar-refractivity contribution < 1.29 is 19.2 Å². The van der Waals surface area contributed by atoms with Crippen LogP contribution in [-0.4, -0.2) is 24.4 Å². The number of hydrogen-bond acceptors (Lipinski definition) is 5. The van der Waals surface area contributed by atoms with E-state index >= 15 is 0 Å². The van der Waals surface area contributed by atoms with Gasteiger partial charge in [-0.25, -0.2) is 0 Å². The molecule has 0 spiro atoms. The average Bonchev–Trinajstić information content (AvgIpc) is 2.37. The summed E-state index contributed by atoms with van der Waals surface area (Å²) in [5, 5.41) is 11.1. The van der Waals surface area contributed by atoms with E-state index in [4.69, 9.17) is 9.47 Å². The van der Waals surface area contributed by atoms with Crippen LogP contribution in [0.25, 0.3) is 0 Å². The van der Waals surface area contributed by atoms with E-state index in [9.17, 15) is 14.9 Å². The fourth-order valence-corrected chi connectivity index (χ4v) is 2.04. The highest BCUT2D eigenvalue weighted by atomic mass is 16.6. The van der Waals surface area contributed by atoms with Gasteiger partial charge in [0.05, 0.1) is 30.3 Å². The van der Waals surface area contributed by atoms with Gasteiger partial charge in [-0.3, -0.25) is 14.9 Å². The Morgan fingerprint density at radius 2 is 2.28 bits per heavy atom. The van der Waals surface area contributed by atoms with Gasteiger partial charge in [0.1, 0.15) is 5.78 Å². The number of nitro benzene ring substituents is 1. The first-order valence-corrected chi connectivity index (χ1v) is 5.58. The zero-order valence-electron chi connectivity index (χ0n) is 9.92. The number of benzene rings is 1. The minimum absolute atomic E-state index is 0.0587. The Kier molecular flexibility index (Phi) is 3.57. The van der Waals surface area contributed by atoms with Crippen LogP contribution in [0.3, 0.4) is 0 Å². The molecule has 1 atom stereocenters. The number of methoxy groups -OCH3 is 1. The Bertz CT molecular complexity index is 485. The number of Topliss-reactive ketones (excluding diaryl/α,β-unsaturated/α-hetero) is 1. The van der Waals surface area contributed by atoms with Crippen molar-refractivity contribution in [3.63, 3.8) is 0 Å². The molecule has 18 heavy (non-hydrogen) atoms. The molecule has 6 nitrogen and oxygen atoms in total. The number of nitro groups is 1. The number of hydrogen-bond donors (Lipinski definition) is 0. The molecule has 1 aliphatic rings. The molecule has 0 aliphatic carbocycles. The minimum atomic E-state index is -0.554. The molecule has 0 saturated carbocycles. The van der Waals surface area contributed by atoms with Gasteiger partial charge in [0.2, 0.25) is 0 Å². The fraction of sp³-hybridized carbons (Fsp3) is 0.417. The quantitative estimate of drug-likeness (QED) is 0.606. The molecule has 2 rings (SSSR count). The van der Waals surface area contributed by atoms with Gasteiger partial charge >= 0.3 is 5.69 Å². The topological polar surface area (TPSA) is 78.7 Å². The lowest BCUT2D eigenvalue weighted by Crippen LogP contribution is -2.20. The number of carbonyl (C=O) groups excluding carboxylic acids is 1. The molecule has 1 aromatic carbocycles. The molecule has 0 bridgehead atoms. The summed E-state index contributed by atoms with van der Waals surface area (Å²) in [5.74, 6) is 0.238. The van der Waals surface area contributed by atoms with Gasteiger partial charge in [0, 0.05) is 12.8 Å². The van der Waals surface area contributed by atoms with E-state index in [-0.39, 0.29) is 23.6 Å². The maximum Gasteiger partial charge on any atom is 0.316 e. The Hall–Kier alpha value is -1.95. The molecule has 96 valence electrons. The van der Waals surface area contributed by atoms with E-state index in [0.717, 1.165) is 0 Å². The van der Waals surface area contributed by atoms with Crippen LogP contribution < -0.4 is 4.74 Å². The second-order valence-corrected chi connectivity index (χ2v) is 4.01. The van der Waals surface area contributed by atoms with E-state index in [2.05, 4.69) is 0 Å². The van der Waals surface area contributed by atoms with Gasteiger partial charge in [-0.1, -0.05) is 6.07 Å². The van der Waals surface area contributed by atoms with Crippen LogP contribution in [0.5, 0.6) is 5.75 Å². The molecule has 1 saturated heterocycles. The van der Waals surface area contributed by atoms with Gasteiger partial charge in [-0.2, -0.15) is 0 Å². The normalized spacial score (nSPS) is 19.6. The van der Waals surface area contributed by atoms with Crippen LogP contribution in [0.1, 0.15) is 24.5 Å². The van der Waals surface area contributed by atoms with Gasteiger partial charge in [-0.15, -0.1) is 0 Å². The molecular formula is C12H13NO5. The summed E-state index contributed by atoms with van der Waals surface area (Å²) >= 11 is 0.